The fourth-order valence-corrected chi connectivity index (χ4v) is 1.64. The molecule has 0 aromatic rings. The van der Waals surface area contributed by atoms with Gasteiger partial charge < -0.3 is 4.74 Å². The molecule has 0 aliphatic carbocycles. The van der Waals surface area contributed by atoms with Gasteiger partial charge in [-0.05, 0) is 25.3 Å². The predicted molar refractivity (Wildman–Crippen MR) is 77.1 cm³/mol. The van der Waals surface area contributed by atoms with Gasteiger partial charge in [0, 0.05) is 0 Å². The van der Waals surface area contributed by atoms with E-state index in [2.05, 4.69) is 32.1 Å². The van der Waals surface area contributed by atoms with E-state index in [1.807, 2.05) is 6.26 Å². The standard InChI is InChI=1S/C16H30O/c1-3-5-7-9-10-11-12-14-16-17-15-13-8-6-4-2/h8,13-14,16H,3-7,9-12,15H2,1-2H3. The molecule has 17 heavy (non-hydrogen) atoms. The van der Waals surface area contributed by atoms with Crippen LogP contribution in [0, 0.1) is 0 Å². The summed E-state index contributed by atoms with van der Waals surface area (Å²) in [6.07, 6.45) is 20.0. The van der Waals surface area contributed by atoms with E-state index in [-0.39, 0.29) is 0 Å². The highest BCUT2D eigenvalue weighted by molar-refractivity contribution is 4.82. The van der Waals surface area contributed by atoms with Crippen LogP contribution in [0.5, 0.6) is 0 Å². The zero-order valence-electron chi connectivity index (χ0n) is 11.8. The van der Waals surface area contributed by atoms with Gasteiger partial charge >= 0.3 is 0 Å². The van der Waals surface area contributed by atoms with Gasteiger partial charge in [0.15, 0.2) is 0 Å². The van der Waals surface area contributed by atoms with Gasteiger partial charge in [0.05, 0.1) is 6.26 Å². The van der Waals surface area contributed by atoms with E-state index in [1.54, 1.807) is 0 Å². The topological polar surface area (TPSA) is 9.23 Å². The van der Waals surface area contributed by atoms with Crippen LogP contribution >= 0.6 is 0 Å². The lowest BCUT2D eigenvalue weighted by Crippen LogP contribution is -1.81. The van der Waals surface area contributed by atoms with Crippen molar-refractivity contribution in [3.8, 4) is 0 Å². The Balaban J connectivity index is 3.09. The summed E-state index contributed by atoms with van der Waals surface area (Å²) in [5.74, 6) is 0. The number of ether oxygens (including phenoxy) is 1. The first-order valence-electron chi connectivity index (χ1n) is 7.33. The van der Waals surface area contributed by atoms with Crippen LogP contribution < -0.4 is 0 Å². The van der Waals surface area contributed by atoms with Gasteiger partial charge in [-0.2, -0.15) is 0 Å². The van der Waals surface area contributed by atoms with E-state index in [0.29, 0.717) is 6.61 Å². The molecule has 0 fully saturated rings. The van der Waals surface area contributed by atoms with Gasteiger partial charge in [-0.25, -0.2) is 0 Å². The molecule has 1 nitrogen and oxygen atoms in total. The Hall–Kier alpha value is -0.720. The van der Waals surface area contributed by atoms with E-state index in [4.69, 9.17) is 4.74 Å². The molecule has 0 spiro atoms. The molecule has 0 heterocycles. The van der Waals surface area contributed by atoms with Gasteiger partial charge in [0.1, 0.15) is 6.61 Å². The average Bonchev–Trinajstić information content (AvgIpc) is 2.35. The van der Waals surface area contributed by atoms with Crippen molar-refractivity contribution >= 4 is 0 Å². The minimum Gasteiger partial charge on any atom is -0.497 e. The zero-order valence-corrected chi connectivity index (χ0v) is 11.8. The Morgan fingerprint density at radius 1 is 0.706 bits per heavy atom. The normalized spacial score (nSPS) is 11.6. The van der Waals surface area contributed by atoms with E-state index in [1.165, 1.54) is 44.9 Å². The third-order valence-corrected chi connectivity index (χ3v) is 2.73. The monoisotopic (exact) mass is 238 g/mol. The summed E-state index contributed by atoms with van der Waals surface area (Å²) in [5, 5.41) is 0. The Morgan fingerprint density at radius 3 is 2.24 bits per heavy atom. The predicted octanol–water partition coefficient (Wildman–Crippen LogP) is 5.62. The van der Waals surface area contributed by atoms with Crippen molar-refractivity contribution < 1.29 is 4.74 Å². The molecule has 100 valence electrons. The Bertz CT molecular complexity index is 182. The molecule has 0 unspecified atom stereocenters. The molecule has 0 aromatic carbocycles. The molecule has 0 saturated heterocycles. The maximum absolute atomic E-state index is 5.36. The molecule has 0 bridgehead atoms. The molecule has 0 amide bonds. The van der Waals surface area contributed by atoms with Crippen molar-refractivity contribution in [1.29, 1.82) is 0 Å². The molecule has 0 rings (SSSR count). The highest BCUT2D eigenvalue weighted by atomic mass is 16.5. The molecule has 0 aliphatic rings. The van der Waals surface area contributed by atoms with Crippen LogP contribution in [0.2, 0.25) is 0 Å². The summed E-state index contributed by atoms with van der Waals surface area (Å²) in [6.45, 7) is 5.16. The summed E-state index contributed by atoms with van der Waals surface area (Å²) < 4.78 is 5.36. The quantitative estimate of drug-likeness (QED) is 0.243. The highest BCUT2D eigenvalue weighted by Gasteiger charge is 1.87. The number of rotatable bonds is 12. The molecule has 0 aliphatic heterocycles. The summed E-state index contributed by atoms with van der Waals surface area (Å²) in [4.78, 5) is 0. The summed E-state index contributed by atoms with van der Waals surface area (Å²) in [7, 11) is 0. The molecule has 0 atom stereocenters. The second-order valence-electron chi connectivity index (χ2n) is 4.52. The molecule has 0 aromatic heterocycles. The van der Waals surface area contributed by atoms with Crippen LogP contribution in [-0.2, 0) is 4.74 Å². The third kappa shape index (κ3) is 15.3. The first kappa shape index (κ1) is 16.3. The summed E-state index contributed by atoms with van der Waals surface area (Å²) in [5.41, 5.74) is 0. The molecule has 0 saturated carbocycles. The van der Waals surface area contributed by atoms with Crippen LogP contribution in [0.25, 0.3) is 0 Å². The van der Waals surface area contributed by atoms with E-state index in [0.717, 1.165) is 12.8 Å². The smallest absolute Gasteiger partial charge is 0.105 e. The van der Waals surface area contributed by atoms with Crippen LogP contribution in [0.4, 0.5) is 0 Å². The largest absolute Gasteiger partial charge is 0.497 e. The van der Waals surface area contributed by atoms with Gasteiger partial charge in [0.25, 0.3) is 0 Å². The Morgan fingerprint density at radius 2 is 1.47 bits per heavy atom. The van der Waals surface area contributed by atoms with E-state index in [9.17, 15) is 0 Å². The number of hydrogen-bond donors (Lipinski definition) is 0. The molecule has 0 radical (unpaired) electrons. The Labute approximate surface area is 108 Å². The second kappa shape index (κ2) is 15.3. The van der Waals surface area contributed by atoms with Crippen LogP contribution in [0.15, 0.2) is 24.5 Å². The molecule has 1 heteroatoms. The van der Waals surface area contributed by atoms with Crippen LogP contribution in [-0.4, -0.2) is 6.61 Å². The Kier molecular flexibility index (Phi) is 14.6. The number of allylic oxidation sites excluding steroid dienone is 2. The number of unbranched alkanes of at least 4 members (excludes halogenated alkanes) is 7. The lowest BCUT2D eigenvalue weighted by molar-refractivity contribution is 0.288. The van der Waals surface area contributed by atoms with E-state index >= 15 is 0 Å². The average molecular weight is 238 g/mol. The number of hydrogen-bond acceptors (Lipinski definition) is 1. The van der Waals surface area contributed by atoms with Crippen molar-refractivity contribution in [3.05, 3.63) is 24.5 Å². The molecule has 0 N–H and O–H groups in total. The van der Waals surface area contributed by atoms with Gasteiger partial charge in [0.2, 0.25) is 0 Å². The second-order valence-corrected chi connectivity index (χ2v) is 4.52. The van der Waals surface area contributed by atoms with Gasteiger partial charge in [-0.15, -0.1) is 0 Å². The maximum atomic E-state index is 5.36. The van der Waals surface area contributed by atoms with Crippen molar-refractivity contribution in [2.45, 2.75) is 71.6 Å². The molecular weight excluding hydrogens is 208 g/mol. The van der Waals surface area contributed by atoms with Crippen molar-refractivity contribution in [2.24, 2.45) is 0 Å². The van der Waals surface area contributed by atoms with Crippen LogP contribution in [0.1, 0.15) is 71.6 Å². The first-order valence-corrected chi connectivity index (χ1v) is 7.33. The SMILES string of the molecule is CCCC=CCOC=CCCCCCCCC. The van der Waals surface area contributed by atoms with Crippen molar-refractivity contribution in [1.82, 2.24) is 0 Å². The highest BCUT2D eigenvalue weighted by Crippen LogP contribution is 2.07. The van der Waals surface area contributed by atoms with Crippen LogP contribution in [0.3, 0.4) is 0 Å². The van der Waals surface area contributed by atoms with Crippen molar-refractivity contribution in [2.75, 3.05) is 6.61 Å². The van der Waals surface area contributed by atoms with E-state index < -0.39 is 0 Å². The fourth-order valence-electron chi connectivity index (χ4n) is 1.64. The summed E-state index contributed by atoms with van der Waals surface area (Å²) >= 11 is 0. The third-order valence-electron chi connectivity index (χ3n) is 2.73. The van der Waals surface area contributed by atoms with Gasteiger partial charge in [-0.1, -0.05) is 64.5 Å². The zero-order chi connectivity index (χ0) is 12.6. The lowest BCUT2D eigenvalue weighted by atomic mass is 10.1. The first-order chi connectivity index (χ1) is 8.41. The fraction of sp³-hybridized carbons (Fsp3) is 0.750. The minimum atomic E-state index is 0.715. The summed E-state index contributed by atoms with van der Waals surface area (Å²) in [6, 6.07) is 0. The molecular formula is C16H30O. The van der Waals surface area contributed by atoms with Crippen molar-refractivity contribution in [3.63, 3.8) is 0 Å². The lowest BCUT2D eigenvalue weighted by Gasteiger charge is -1.98. The van der Waals surface area contributed by atoms with Gasteiger partial charge in [-0.3, -0.25) is 0 Å². The minimum absolute atomic E-state index is 0.715. The maximum Gasteiger partial charge on any atom is 0.105 e.